The van der Waals surface area contributed by atoms with E-state index in [1.807, 2.05) is 6.92 Å². The second-order valence-corrected chi connectivity index (χ2v) is 5.65. The highest BCUT2D eigenvalue weighted by molar-refractivity contribution is 6.35. The third-order valence-electron chi connectivity index (χ3n) is 3.30. The van der Waals surface area contributed by atoms with E-state index in [1.165, 1.54) is 13.0 Å². The number of aliphatic hydroxyl groups is 1. The number of unbranched alkanes of at least 4 members (excludes halogenated alkanes) is 1. The molecule has 0 radical (unpaired) electrons. The number of benzene rings is 1. The van der Waals surface area contributed by atoms with Gasteiger partial charge in [0.2, 0.25) is 0 Å². The molecular weight excluding hydrogens is 287 g/mol. The van der Waals surface area contributed by atoms with Crippen molar-refractivity contribution in [2.45, 2.75) is 38.7 Å². The van der Waals surface area contributed by atoms with E-state index < -0.39 is 17.5 Å². The average molecular weight is 305 g/mol. The number of carbonyl (C=O) groups is 1. The van der Waals surface area contributed by atoms with Crippen molar-refractivity contribution >= 4 is 29.2 Å². The van der Waals surface area contributed by atoms with Crippen LogP contribution in [-0.2, 0) is 10.4 Å². The van der Waals surface area contributed by atoms with E-state index in [0.717, 1.165) is 12.8 Å². The van der Waals surface area contributed by atoms with Gasteiger partial charge in [-0.25, -0.2) is 0 Å². The Morgan fingerprint density at radius 2 is 2.05 bits per heavy atom. The van der Waals surface area contributed by atoms with Gasteiger partial charge in [0.25, 0.3) is 0 Å². The summed E-state index contributed by atoms with van der Waals surface area (Å²) in [6.45, 7) is 3.46. The summed E-state index contributed by atoms with van der Waals surface area (Å²) in [7, 11) is 0. The third kappa shape index (κ3) is 3.85. The predicted molar refractivity (Wildman–Crippen MR) is 76.7 cm³/mol. The molecule has 0 fully saturated rings. The Balaban J connectivity index is 3.14. The maximum Gasteiger partial charge on any atom is 0.309 e. The van der Waals surface area contributed by atoms with Gasteiger partial charge in [-0.1, -0.05) is 49.0 Å². The van der Waals surface area contributed by atoms with Crippen LogP contribution in [0.3, 0.4) is 0 Å². The fourth-order valence-corrected chi connectivity index (χ4v) is 2.74. The van der Waals surface area contributed by atoms with Gasteiger partial charge in [-0.2, -0.15) is 0 Å². The van der Waals surface area contributed by atoms with E-state index in [1.54, 1.807) is 12.1 Å². The van der Waals surface area contributed by atoms with Crippen molar-refractivity contribution in [1.82, 2.24) is 0 Å². The van der Waals surface area contributed by atoms with E-state index in [-0.39, 0.29) is 5.02 Å². The number of hydrogen-bond donors (Lipinski definition) is 2. The first-order valence-electron chi connectivity index (χ1n) is 6.21. The van der Waals surface area contributed by atoms with E-state index in [4.69, 9.17) is 23.2 Å². The zero-order valence-corrected chi connectivity index (χ0v) is 12.5. The Labute approximate surface area is 123 Å². The molecule has 19 heavy (non-hydrogen) atoms. The Bertz CT molecular complexity index is 458. The lowest BCUT2D eigenvalue weighted by Crippen LogP contribution is -2.37. The molecule has 1 aromatic carbocycles. The molecule has 0 aromatic heterocycles. The Kier molecular flexibility index (Phi) is 5.65. The molecule has 106 valence electrons. The minimum Gasteiger partial charge on any atom is -0.481 e. The number of aliphatic carboxylic acids is 1. The third-order valence-corrected chi connectivity index (χ3v) is 3.85. The minimum absolute atomic E-state index is 0.278. The fraction of sp³-hybridized carbons (Fsp3) is 0.500. The van der Waals surface area contributed by atoms with Crippen LogP contribution >= 0.6 is 23.2 Å². The second kappa shape index (κ2) is 6.60. The quantitative estimate of drug-likeness (QED) is 0.832. The first kappa shape index (κ1) is 16.3. The van der Waals surface area contributed by atoms with Crippen LogP contribution < -0.4 is 0 Å². The van der Waals surface area contributed by atoms with Gasteiger partial charge in [0.15, 0.2) is 0 Å². The molecule has 0 aliphatic rings. The van der Waals surface area contributed by atoms with Crippen molar-refractivity contribution in [3.63, 3.8) is 0 Å². The van der Waals surface area contributed by atoms with Crippen molar-refractivity contribution in [2.75, 3.05) is 0 Å². The topological polar surface area (TPSA) is 57.5 Å². The molecule has 0 aliphatic carbocycles. The zero-order chi connectivity index (χ0) is 14.6. The van der Waals surface area contributed by atoms with Gasteiger partial charge >= 0.3 is 5.97 Å². The zero-order valence-electron chi connectivity index (χ0n) is 11.0. The molecule has 2 atom stereocenters. The monoisotopic (exact) mass is 304 g/mol. The van der Waals surface area contributed by atoms with Gasteiger partial charge in [0.1, 0.15) is 5.60 Å². The maximum atomic E-state index is 11.4. The lowest BCUT2D eigenvalue weighted by atomic mass is 9.80. The molecular formula is C14H18Cl2O3. The molecule has 1 rings (SSSR count). The van der Waals surface area contributed by atoms with Crippen LogP contribution in [-0.4, -0.2) is 16.2 Å². The van der Waals surface area contributed by atoms with Crippen LogP contribution in [0.5, 0.6) is 0 Å². The highest BCUT2D eigenvalue weighted by atomic mass is 35.5. The van der Waals surface area contributed by atoms with Crippen molar-refractivity contribution < 1.29 is 15.0 Å². The summed E-state index contributed by atoms with van der Waals surface area (Å²) in [4.78, 5) is 11.4. The Morgan fingerprint density at radius 3 is 2.53 bits per heavy atom. The van der Waals surface area contributed by atoms with E-state index >= 15 is 0 Å². The van der Waals surface area contributed by atoms with Crippen molar-refractivity contribution in [3.05, 3.63) is 33.8 Å². The largest absolute Gasteiger partial charge is 0.481 e. The van der Waals surface area contributed by atoms with Gasteiger partial charge in [-0.3, -0.25) is 4.79 Å². The van der Waals surface area contributed by atoms with Gasteiger partial charge < -0.3 is 10.2 Å². The molecule has 3 nitrogen and oxygen atoms in total. The highest BCUT2D eigenvalue weighted by Crippen LogP contribution is 2.37. The molecule has 0 bridgehead atoms. The molecule has 0 saturated carbocycles. The molecule has 1 aromatic rings. The van der Waals surface area contributed by atoms with Crippen LogP contribution in [0.4, 0.5) is 0 Å². The van der Waals surface area contributed by atoms with Gasteiger partial charge in [0, 0.05) is 15.6 Å². The summed E-state index contributed by atoms with van der Waals surface area (Å²) in [5.74, 6) is -1.92. The molecule has 0 amide bonds. The first-order chi connectivity index (χ1) is 8.80. The van der Waals surface area contributed by atoms with Gasteiger partial charge in [-0.05, 0) is 25.5 Å². The SMILES string of the molecule is CCCCC(C(=O)O)C(C)(O)c1ccc(Cl)cc1Cl. The average Bonchev–Trinajstić information content (AvgIpc) is 2.27. The molecule has 2 unspecified atom stereocenters. The van der Waals surface area contributed by atoms with Crippen molar-refractivity contribution in [3.8, 4) is 0 Å². The van der Waals surface area contributed by atoms with Crippen LogP contribution in [0.25, 0.3) is 0 Å². The van der Waals surface area contributed by atoms with Gasteiger partial charge in [-0.15, -0.1) is 0 Å². The lowest BCUT2D eigenvalue weighted by Gasteiger charge is -2.31. The van der Waals surface area contributed by atoms with Crippen LogP contribution in [0.15, 0.2) is 18.2 Å². The number of hydrogen-bond acceptors (Lipinski definition) is 2. The van der Waals surface area contributed by atoms with Crippen LogP contribution in [0.1, 0.15) is 38.7 Å². The van der Waals surface area contributed by atoms with Gasteiger partial charge in [0.05, 0.1) is 5.92 Å². The molecule has 5 heteroatoms. The summed E-state index contributed by atoms with van der Waals surface area (Å²) in [5.41, 5.74) is -1.13. The Hall–Kier alpha value is -0.770. The summed E-state index contributed by atoms with van der Waals surface area (Å²) in [5, 5.41) is 20.6. The fourth-order valence-electron chi connectivity index (χ4n) is 2.14. The maximum absolute atomic E-state index is 11.4. The van der Waals surface area contributed by atoms with Crippen molar-refractivity contribution in [2.24, 2.45) is 5.92 Å². The van der Waals surface area contributed by atoms with Crippen LogP contribution in [0.2, 0.25) is 10.0 Å². The second-order valence-electron chi connectivity index (χ2n) is 4.80. The van der Waals surface area contributed by atoms with E-state index in [0.29, 0.717) is 17.0 Å². The minimum atomic E-state index is -1.53. The molecule has 0 spiro atoms. The van der Waals surface area contributed by atoms with E-state index in [2.05, 4.69) is 0 Å². The summed E-state index contributed by atoms with van der Waals surface area (Å²) in [6, 6.07) is 4.67. The number of rotatable bonds is 6. The molecule has 0 saturated heterocycles. The number of halogens is 2. The first-order valence-corrected chi connectivity index (χ1v) is 6.97. The van der Waals surface area contributed by atoms with Crippen molar-refractivity contribution in [1.29, 1.82) is 0 Å². The summed E-state index contributed by atoms with van der Waals surface area (Å²) >= 11 is 11.9. The highest BCUT2D eigenvalue weighted by Gasteiger charge is 2.39. The standard InChI is InChI=1S/C14H18Cl2O3/c1-3-4-5-11(13(17)18)14(2,19)10-7-6-9(15)8-12(10)16/h6-8,11,19H,3-5H2,1-2H3,(H,17,18). The van der Waals surface area contributed by atoms with E-state index in [9.17, 15) is 15.0 Å². The summed E-state index contributed by atoms with van der Waals surface area (Å²) < 4.78 is 0. The number of carboxylic acids is 1. The lowest BCUT2D eigenvalue weighted by molar-refractivity contribution is -0.152. The Morgan fingerprint density at radius 1 is 1.42 bits per heavy atom. The molecule has 0 aliphatic heterocycles. The smallest absolute Gasteiger partial charge is 0.309 e. The summed E-state index contributed by atoms with van der Waals surface area (Å²) in [6.07, 6.45) is 2.00. The number of carboxylic acid groups (broad SMARTS) is 1. The van der Waals surface area contributed by atoms with Crippen LogP contribution in [0, 0.1) is 5.92 Å². The normalized spacial score (nSPS) is 15.8. The molecule has 0 heterocycles. The molecule has 2 N–H and O–H groups in total. The predicted octanol–water partition coefficient (Wildman–Crippen LogP) is 4.09.